The molecule has 2 aromatic rings. The molecule has 1 amide bonds. The number of carbonyl (C=O) groups is 1. The van der Waals surface area contributed by atoms with Crippen LogP contribution in [0.2, 0.25) is 0 Å². The Hall–Kier alpha value is -2.48. The van der Waals surface area contributed by atoms with Crippen LogP contribution in [0.3, 0.4) is 0 Å². The van der Waals surface area contributed by atoms with Gasteiger partial charge in [0.15, 0.2) is 5.82 Å². The molecule has 1 N–H and O–H groups in total. The lowest BCUT2D eigenvalue weighted by molar-refractivity contribution is -0.123. The van der Waals surface area contributed by atoms with Crippen molar-refractivity contribution in [1.29, 1.82) is 0 Å². The molecule has 2 saturated heterocycles. The molecule has 2 aromatic heterocycles. The molecule has 2 fully saturated rings. The topological polar surface area (TPSA) is 85.1 Å². The van der Waals surface area contributed by atoms with E-state index in [0.29, 0.717) is 24.7 Å². The predicted molar refractivity (Wildman–Crippen MR) is 101 cm³/mol. The quantitative estimate of drug-likeness (QED) is 0.842. The molecule has 0 radical (unpaired) electrons. The lowest BCUT2D eigenvalue weighted by Crippen LogP contribution is -2.48. The van der Waals surface area contributed by atoms with Gasteiger partial charge in [-0.2, -0.15) is 5.10 Å². The Morgan fingerprint density at radius 3 is 2.70 bits per heavy atom. The largest absolute Gasteiger partial charge is 0.352 e. The number of nitrogens with zero attached hydrogens (tertiary/aromatic N) is 5. The Morgan fingerprint density at radius 2 is 1.96 bits per heavy atom. The first-order chi connectivity index (χ1) is 13.2. The first-order valence-electron chi connectivity index (χ1n) is 9.77. The van der Waals surface area contributed by atoms with Crippen LogP contribution in [0, 0.1) is 5.92 Å². The first kappa shape index (κ1) is 17.9. The molecule has 0 spiro atoms. The summed E-state index contributed by atoms with van der Waals surface area (Å²) in [6, 6.07) is 5.39. The van der Waals surface area contributed by atoms with Crippen LogP contribution in [0.25, 0.3) is 5.82 Å². The number of hydrogen-bond acceptors (Lipinski definition) is 5. The molecule has 0 bridgehead atoms. The van der Waals surface area contributed by atoms with Gasteiger partial charge in [-0.25, -0.2) is 9.36 Å². The molecule has 0 saturated carbocycles. The van der Waals surface area contributed by atoms with Crippen molar-refractivity contribution in [2.24, 2.45) is 5.92 Å². The minimum atomic E-state index is -0.0711. The summed E-state index contributed by atoms with van der Waals surface area (Å²) in [4.78, 5) is 26.2. The van der Waals surface area contributed by atoms with Crippen molar-refractivity contribution in [1.82, 2.24) is 29.8 Å². The molecule has 1 unspecified atom stereocenters. The number of carbonyl (C=O) groups excluding carboxylic acids is 1. The second kappa shape index (κ2) is 8.04. The Balaban J connectivity index is 1.32. The molecule has 144 valence electrons. The minimum Gasteiger partial charge on any atom is -0.352 e. The van der Waals surface area contributed by atoms with Gasteiger partial charge in [-0.05, 0) is 56.8 Å². The maximum Gasteiger partial charge on any atom is 0.266 e. The van der Waals surface area contributed by atoms with Crippen molar-refractivity contribution in [3.8, 4) is 5.82 Å². The molecule has 2 aliphatic heterocycles. The van der Waals surface area contributed by atoms with Gasteiger partial charge in [0.25, 0.3) is 5.56 Å². The van der Waals surface area contributed by atoms with Crippen LogP contribution in [0.5, 0.6) is 0 Å². The molecular weight excluding hydrogens is 344 g/mol. The van der Waals surface area contributed by atoms with E-state index in [1.807, 2.05) is 12.3 Å². The van der Waals surface area contributed by atoms with Crippen molar-refractivity contribution in [3.05, 3.63) is 40.9 Å². The van der Waals surface area contributed by atoms with Crippen LogP contribution in [0.4, 0.5) is 0 Å². The zero-order valence-corrected chi connectivity index (χ0v) is 15.5. The standard InChI is InChI=1S/C19H26N6O2/c26-18-4-1-3-16(21-18)14-23-11-7-15(8-12-23)13-25-19(27)6-5-17(22-25)24-10-2-9-20-24/h2,5-6,9-10,15-16H,1,3-4,7-8,11-14H2,(H,21,26). The Bertz CT molecular complexity index is 823. The normalized spacial score (nSPS) is 21.9. The maximum absolute atomic E-state index is 12.2. The van der Waals surface area contributed by atoms with Gasteiger partial charge in [-0.3, -0.25) is 9.59 Å². The lowest BCUT2D eigenvalue weighted by Gasteiger charge is -2.35. The smallest absolute Gasteiger partial charge is 0.266 e. The fraction of sp³-hybridized carbons (Fsp3) is 0.579. The SMILES string of the molecule is O=C1CCCC(CN2CCC(Cn3nc(-n4cccn4)ccc3=O)CC2)N1. The van der Waals surface area contributed by atoms with E-state index in [1.54, 1.807) is 27.7 Å². The van der Waals surface area contributed by atoms with Crippen LogP contribution in [0.15, 0.2) is 35.4 Å². The van der Waals surface area contributed by atoms with Crippen LogP contribution in [-0.4, -0.2) is 56.0 Å². The summed E-state index contributed by atoms with van der Waals surface area (Å²) in [6.07, 6.45) is 8.33. The summed E-state index contributed by atoms with van der Waals surface area (Å²) in [5, 5.41) is 11.7. The fourth-order valence-electron chi connectivity index (χ4n) is 4.02. The van der Waals surface area contributed by atoms with Crippen molar-refractivity contribution in [2.75, 3.05) is 19.6 Å². The van der Waals surface area contributed by atoms with E-state index < -0.39 is 0 Å². The van der Waals surface area contributed by atoms with Gasteiger partial charge < -0.3 is 10.2 Å². The molecule has 8 heteroatoms. The lowest BCUT2D eigenvalue weighted by atomic mass is 9.95. The van der Waals surface area contributed by atoms with E-state index in [-0.39, 0.29) is 17.5 Å². The molecule has 27 heavy (non-hydrogen) atoms. The summed E-state index contributed by atoms with van der Waals surface area (Å²) in [5.74, 6) is 1.29. The van der Waals surface area contributed by atoms with Crippen LogP contribution < -0.4 is 10.9 Å². The zero-order valence-electron chi connectivity index (χ0n) is 15.5. The molecule has 4 heterocycles. The summed E-state index contributed by atoms with van der Waals surface area (Å²) < 4.78 is 3.23. The zero-order chi connectivity index (χ0) is 18.6. The summed E-state index contributed by atoms with van der Waals surface area (Å²) in [6.45, 7) is 3.59. The highest BCUT2D eigenvalue weighted by Gasteiger charge is 2.25. The second-order valence-corrected chi connectivity index (χ2v) is 7.56. The summed E-state index contributed by atoms with van der Waals surface area (Å²) in [7, 11) is 0. The van der Waals surface area contributed by atoms with Gasteiger partial charge >= 0.3 is 0 Å². The highest BCUT2D eigenvalue weighted by Crippen LogP contribution is 2.20. The van der Waals surface area contributed by atoms with Crippen LogP contribution in [-0.2, 0) is 11.3 Å². The van der Waals surface area contributed by atoms with Gasteiger partial charge in [-0.1, -0.05) is 0 Å². The molecule has 0 aliphatic carbocycles. The van der Waals surface area contributed by atoms with Crippen molar-refractivity contribution in [3.63, 3.8) is 0 Å². The van der Waals surface area contributed by atoms with Crippen molar-refractivity contribution in [2.45, 2.75) is 44.7 Å². The number of hydrogen-bond donors (Lipinski definition) is 1. The average molecular weight is 370 g/mol. The van der Waals surface area contributed by atoms with Crippen molar-refractivity contribution >= 4 is 5.91 Å². The van der Waals surface area contributed by atoms with E-state index in [0.717, 1.165) is 45.3 Å². The monoisotopic (exact) mass is 370 g/mol. The molecule has 2 aliphatic rings. The van der Waals surface area contributed by atoms with Gasteiger partial charge in [0.1, 0.15) is 0 Å². The molecule has 0 aromatic carbocycles. The summed E-state index contributed by atoms with van der Waals surface area (Å²) >= 11 is 0. The van der Waals surface area contributed by atoms with Crippen LogP contribution >= 0.6 is 0 Å². The van der Waals surface area contributed by atoms with E-state index in [4.69, 9.17) is 0 Å². The molecule has 8 nitrogen and oxygen atoms in total. The van der Waals surface area contributed by atoms with Crippen molar-refractivity contribution < 1.29 is 4.79 Å². The number of likely N-dealkylation sites (tertiary alicyclic amines) is 1. The third kappa shape index (κ3) is 4.44. The maximum atomic E-state index is 12.2. The Kier molecular flexibility index (Phi) is 5.33. The second-order valence-electron chi connectivity index (χ2n) is 7.56. The van der Waals surface area contributed by atoms with E-state index in [2.05, 4.69) is 20.4 Å². The van der Waals surface area contributed by atoms with E-state index >= 15 is 0 Å². The number of piperidine rings is 2. The fourth-order valence-corrected chi connectivity index (χ4v) is 4.02. The number of nitrogens with one attached hydrogen (secondary N) is 1. The number of rotatable bonds is 5. The summed E-state index contributed by atoms with van der Waals surface area (Å²) in [5.41, 5.74) is -0.0711. The predicted octanol–water partition coefficient (Wildman–Crippen LogP) is 0.810. The highest BCUT2D eigenvalue weighted by atomic mass is 16.1. The molecular formula is C19H26N6O2. The van der Waals surface area contributed by atoms with Gasteiger partial charge in [0.05, 0.1) is 0 Å². The molecule has 4 rings (SSSR count). The van der Waals surface area contributed by atoms with Gasteiger partial charge in [-0.15, -0.1) is 5.10 Å². The molecule has 1 atom stereocenters. The Labute approximate surface area is 158 Å². The van der Waals surface area contributed by atoms with E-state index in [9.17, 15) is 9.59 Å². The minimum absolute atomic E-state index is 0.0711. The average Bonchev–Trinajstić information content (AvgIpc) is 3.20. The Morgan fingerprint density at radius 1 is 1.11 bits per heavy atom. The third-order valence-corrected chi connectivity index (χ3v) is 5.53. The first-order valence-corrected chi connectivity index (χ1v) is 9.77. The number of aromatic nitrogens is 4. The highest BCUT2D eigenvalue weighted by molar-refractivity contribution is 5.76. The van der Waals surface area contributed by atoms with E-state index in [1.165, 1.54) is 0 Å². The third-order valence-electron chi connectivity index (χ3n) is 5.53. The van der Waals surface area contributed by atoms with Gasteiger partial charge in [0, 0.05) is 44.0 Å². The van der Waals surface area contributed by atoms with Gasteiger partial charge in [0.2, 0.25) is 5.91 Å². The number of amides is 1. The van der Waals surface area contributed by atoms with Crippen LogP contribution in [0.1, 0.15) is 32.1 Å².